The number of nitriles is 1. The fraction of sp³-hybridized carbons (Fsp3) is 0.320. The molecule has 33 heavy (non-hydrogen) atoms. The molecule has 5 nitrogen and oxygen atoms in total. The van der Waals surface area contributed by atoms with Gasteiger partial charge < -0.3 is 10.4 Å². The second-order valence-electron chi connectivity index (χ2n) is 7.96. The second kappa shape index (κ2) is 9.48. The van der Waals surface area contributed by atoms with Crippen LogP contribution in [0.1, 0.15) is 59.7 Å². The molecule has 1 atom stereocenters. The lowest BCUT2D eigenvalue weighted by molar-refractivity contribution is -0.138. The van der Waals surface area contributed by atoms with Crippen LogP contribution in [0.2, 0.25) is 0 Å². The number of rotatable bonds is 4. The zero-order valence-corrected chi connectivity index (χ0v) is 17.8. The Morgan fingerprint density at radius 1 is 1.09 bits per heavy atom. The number of nitrogens with one attached hydrogen (secondary N) is 1. The van der Waals surface area contributed by atoms with Gasteiger partial charge in [-0.3, -0.25) is 9.59 Å². The molecular formula is C25H21F3N2O3. The van der Waals surface area contributed by atoms with Gasteiger partial charge in [0.1, 0.15) is 0 Å². The summed E-state index contributed by atoms with van der Waals surface area (Å²) in [6.45, 7) is 1.43. The minimum absolute atomic E-state index is 0.114. The van der Waals surface area contributed by atoms with Crippen molar-refractivity contribution < 1.29 is 27.9 Å². The summed E-state index contributed by atoms with van der Waals surface area (Å²) < 4.78 is 39.8. The Labute approximate surface area is 189 Å². The molecule has 1 amide bonds. The van der Waals surface area contributed by atoms with E-state index in [4.69, 9.17) is 5.26 Å². The Hall–Kier alpha value is -3.62. The standard InChI is InChI=1S/C25H21F3N2O3/c1-16(31)18-8-6-17(7-9-18)12-13-24(33,20-4-2-3-5-20)23(32)30-21-11-10-19(15-29)22(14-21)25(26,27)28/h6-11,14,20,33H,2-5H2,1H3,(H,30,32). The first-order valence-corrected chi connectivity index (χ1v) is 10.3. The molecule has 1 aliphatic rings. The smallest absolute Gasteiger partial charge is 0.369 e. The third-order valence-electron chi connectivity index (χ3n) is 5.68. The predicted molar refractivity (Wildman–Crippen MR) is 115 cm³/mol. The molecule has 1 fully saturated rings. The molecule has 0 radical (unpaired) electrons. The average molecular weight is 454 g/mol. The lowest BCUT2D eigenvalue weighted by atomic mass is 9.85. The van der Waals surface area contributed by atoms with Gasteiger partial charge >= 0.3 is 6.18 Å². The van der Waals surface area contributed by atoms with E-state index in [9.17, 15) is 27.9 Å². The van der Waals surface area contributed by atoms with Crippen molar-refractivity contribution in [2.45, 2.75) is 44.4 Å². The Morgan fingerprint density at radius 3 is 2.27 bits per heavy atom. The van der Waals surface area contributed by atoms with Crippen LogP contribution in [0.15, 0.2) is 42.5 Å². The van der Waals surface area contributed by atoms with Crippen LogP contribution in [0.25, 0.3) is 0 Å². The number of aliphatic hydroxyl groups is 1. The van der Waals surface area contributed by atoms with E-state index in [1.54, 1.807) is 24.3 Å². The quantitative estimate of drug-likeness (QED) is 0.518. The third-order valence-corrected chi connectivity index (χ3v) is 5.68. The molecule has 0 heterocycles. The summed E-state index contributed by atoms with van der Waals surface area (Å²) in [4.78, 5) is 24.5. The normalized spacial score (nSPS) is 15.6. The highest BCUT2D eigenvalue weighted by molar-refractivity contribution is 6.00. The van der Waals surface area contributed by atoms with Crippen molar-refractivity contribution in [3.63, 3.8) is 0 Å². The Morgan fingerprint density at radius 2 is 1.73 bits per heavy atom. The van der Waals surface area contributed by atoms with E-state index in [-0.39, 0.29) is 11.5 Å². The molecule has 1 aliphatic carbocycles. The molecule has 170 valence electrons. The van der Waals surface area contributed by atoms with E-state index in [1.807, 2.05) is 0 Å². The summed E-state index contributed by atoms with van der Waals surface area (Å²) in [5.41, 5.74) is -3.10. The summed E-state index contributed by atoms with van der Waals surface area (Å²) >= 11 is 0. The molecule has 2 N–H and O–H groups in total. The molecule has 8 heteroatoms. The van der Waals surface area contributed by atoms with Crippen molar-refractivity contribution in [1.82, 2.24) is 0 Å². The lowest BCUT2D eigenvalue weighted by Gasteiger charge is -2.27. The molecule has 2 aromatic rings. The number of anilines is 1. The van der Waals surface area contributed by atoms with Gasteiger partial charge in [-0.05, 0) is 50.1 Å². The topological polar surface area (TPSA) is 90.2 Å². The monoisotopic (exact) mass is 454 g/mol. The average Bonchev–Trinajstić information content (AvgIpc) is 3.32. The molecular weight excluding hydrogens is 433 g/mol. The minimum Gasteiger partial charge on any atom is -0.369 e. The van der Waals surface area contributed by atoms with Crippen LogP contribution in [0.4, 0.5) is 18.9 Å². The van der Waals surface area contributed by atoms with E-state index in [0.29, 0.717) is 30.0 Å². The zero-order valence-electron chi connectivity index (χ0n) is 17.8. The van der Waals surface area contributed by atoms with Crippen molar-refractivity contribution >= 4 is 17.4 Å². The van der Waals surface area contributed by atoms with E-state index < -0.39 is 34.7 Å². The molecule has 0 aromatic heterocycles. The lowest BCUT2D eigenvalue weighted by Crippen LogP contribution is -2.47. The molecule has 3 rings (SSSR count). The molecule has 0 spiro atoms. The Kier molecular flexibility index (Phi) is 6.90. The number of hydrogen-bond acceptors (Lipinski definition) is 4. The summed E-state index contributed by atoms with van der Waals surface area (Å²) in [6, 6.07) is 10.6. The first-order valence-electron chi connectivity index (χ1n) is 10.3. The third kappa shape index (κ3) is 5.42. The van der Waals surface area contributed by atoms with Crippen LogP contribution < -0.4 is 5.32 Å². The second-order valence-corrected chi connectivity index (χ2v) is 7.96. The highest BCUT2D eigenvalue weighted by Gasteiger charge is 2.44. The summed E-state index contributed by atoms with van der Waals surface area (Å²) in [6.07, 6.45) is -2.10. The number of halogens is 3. The molecule has 2 aromatic carbocycles. The van der Waals surface area contributed by atoms with Gasteiger partial charge in [0.25, 0.3) is 5.91 Å². The maximum atomic E-state index is 13.3. The number of ketones is 1. The van der Waals surface area contributed by atoms with Crippen molar-refractivity contribution in [2.24, 2.45) is 5.92 Å². The number of carbonyl (C=O) groups is 2. The first kappa shape index (κ1) is 24.0. The van der Waals surface area contributed by atoms with Crippen molar-refractivity contribution in [1.29, 1.82) is 5.26 Å². The van der Waals surface area contributed by atoms with Gasteiger partial charge in [0, 0.05) is 22.7 Å². The first-order chi connectivity index (χ1) is 15.5. The Bertz CT molecular complexity index is 1160. The van der Waals surface area contributed by atoms with Crippen LogP contribution in [0, 0.1) is 29.1 Å². The van der Waals surface area contributed by atoms with Gasteiger partial charge in [-0.15, -0.1) is 0 Å². The van der Waals surface area contributed by atoms with Gasteiger partial charge in [0.15, 0.2) is 5.78 Å². The van der Waals surface area contributed by atoms with Crippen LogP contribution >= 0.6 is 0 Å². The zero-order chi connectivity index (χ0) is 24.2. The molecule has 1 unspecified atom stereocenters. The van der Waals surface area contributed by atoms with E-state index in [2.05, 4.69) is 17.2 Å². The predicted octanol–water partition coefficient (Wildman–Crippen LogP) is 4.69. The summed E-state index contributed by atoms with van der Waals surface area (Å²) in [7, 11) is 0. The molecule has 1 saturated carbocycles. The van der Waals surface area contributed by atoms with E-state index in [0.717, 1.165) is 18.9 Å². The van der Waals surface area contributed by atoms with Crippen molar-refractivity contribution in [3.05, 3.63) is 64.7 Å². The van der Waals surface area contributed by atoms with Crippen molar-refractivity contribution in [3.8, 4) is 17.9 Å². The van der Waals surface area contributed by atoms with Crippen LogP contribution in [-0.4, -0.2) is 22.4 Å². The van der Waals surface area contributed by atoms with Gasteiger partial charge in [0.05, 0.1) is 17.2 Å². The molecule has 0 saturated heterocycles. The largest absolute Gasteiger partial charge is 0.417 e. The number of alkyl halides is 3. The van der Waals surface area contributed by atoms with Crippen molar-refractivity contribution in [2.75, 3.05) is 5.32 Å². The number of Topliss-reactive ketones (excluding diaryl/α,β-unsaturated/α-hetero) is 1. The van der Waals surface area contributed by atoms with Gasteiger partial charge in [-0.25, -0.2) is 0 Å². The fourth-order valence-electron chi connectivity index (χ4n) is 3.82. The van der Waals surface area contributed by atoms with Crippen LogP contribution in [0.3, 0.4) is 0 Å². The summed E-state index contributed by atoms with van der Waals surface area (Å²) in [5.74, 6) is 3.85. The fourth-order valence-corrected chi connectivity index (χ4v) is 3.82. The van der Waals surface area contributed by atoms with E-state index in [1.165, 1.54) is 19.1 Å². The number of benzene rings is 2. The summed E-state index contributed by atoms with van der Waals surface area (Å²) in [5, 5.41) is 22.5. The highest BCUT2D eigenvalue weighted by Crippen LogP contribution is 2.36. The van der Waals surface area contributed by atoms with Crippen LogP contribution in [0.5, 0.6) is 0 Å². The van der Waals surface area contributed by atoms with Crippen LogP contribution in [-0.2, 0) is 11.0 Å². The minimum atomic E-state index is -4.78. The van der Waals surface area contributed by atoms with Gasteiger partial charge in [0.2, 0.25) is 5.60 Å². The highest BCUT2D eigenvalue weighted by atomic mass is 19.4. The van der Waals surface area contributed by atoms with Gasteiger partial charge in [-0.2, -0.15) is 18.4 Å². The number of amides is 1. The SMILES string of the molecule is CC(=O)c1ccc(C#CC(O)(C(=O)Nc2ccc(C#N)c(C(F)(F)F)c2)C2CCCC2)cc1. The molecule has 0 aliphatic heterocycles. The van der Waals surface area contributed by atoms with Gasteiger partial charge in [-0.1, -0.05) is 36.8 Å². The molecule has 0 bridgehead atoms. The number of nitrogens with zero attached hydrogens (tertiary/aromatic N) is 1. The maximum absolute atomic E-state index is 13.3. The maximum Gasteiger partial charge on any atom is 0.417 e. The Balaban J connectivity index is 1.92. The number of carbonyl (C=O) groups excluding carboxylic acids is 2. The number of hydrogen-bond donors (Lipinski definition) is 2. The van der Waals surface area contributed by atoms with E-state index >= 15 is 0 Å².